The summed E-state index contributed by atoms with van der Waals surface area (Å²) >= 11 is 0. The molecule has 0 bridgehead atoms. The van der Waals surface area contributed by atoms with Gasteiger partial charge in [-0.15, -0.1) is 0 Å². The van der Waals surface area contributed by atoms with E-state index in [1.807, 2.05) is 60.7 Å². The zero-order valence-corrected chi connectivity index (χ0v) is 14.8. The first-order chi connectivity index (χ1) is 12.2. The molecule has 2 aromatic rings. The Labute approximate surface area is 149 Å². The fourth-order valence-electron chi connectivity index (χ4n) is 2.62. The van der Waals surface area contributed by atoms with E-state index < -0.39 is 0 Å². The van der Waals surface area contributed by atoms with E-state index in [4.69, 9.17) is 0 Å². The van der Waals surface area contributed by atoms with Crippen LogP contribution in [0.25, 0.3) is 0 Å². The van der Waals surface area contributed by atoms with E-state index in [0.29, 0.717) is 25.1 Å². The van der Waals surface area contributed by atoms with Crippen molar-refractivity contribution in [2.45, 2.75) is 32.6 Å². The Morgan fingerprint density at radius 1 is 0.920 bits per heavy atom. The van der Waals surface area contributed by atoms with Crippen molar-refractivity contribution in [2.24, 2.45) is 0 Å². The van der Waals surface area contributed by atoms with Gasteiger partial charge in [0, 0.05) is 30.8 Å². The van der Waals surface area contributed by atoms with Crippen molar-refractivity contribution in [1.29, 1.82) is 0 Å². The monoisotopic (exact) mass is 338 g/mol. The highest BCUT2D eigenvalue weighted by atomic mass is 16.2. The van der Waals surface area contributed by atoms with Gasteiger partial charge in [0.05, 0.1) is 0 Å². The summed E-state index contributed by atoms with van der Waals surface area (Å²) in [5, 5.41) is 2.92. The van der Waals surface area contributed by atoms with Crippen LogP contribution in [-0.4, -0.2) is 24.9 Å². The Hall–Kier alpha value is -2.62. The summed E-state index contributed by atoms with van der Waals surface area (Å²) in [5.41, 5.74) is 1.47. The number of nitrogens with zero attached hydrogens (tertiary/aromatic N) is 1. The molecule has 2 amide bonds. The van der Waals surface area contributed by atoms with E-state index in [1.165, 1.54) is 0 Å². The van der Waals surface area contributed by atoms with E-state index in [1.54, 1.807) is 4.90 Å². The molecule has 0 spiro atoms. The number of anilines is 1. The minimum Gasteiger partial charge on any atom is -0.354 e. The van der Waals surface area contributed by atoms with Gasteiger partial charge in [-0.3, -0.25) is 9.59 Å². The molecule has 0 aromatic heterocycles. The van der Waals surface area contributed by atoms with Crippen molar-refractivity contribution in [1.82, 2.24) is 5.32 Å². The van der Waals surface area contributed by atoms with Crippen molar-refractivity contribution in [3.05, 3.63) is 66.2 Å². The molecule has 1 N–H and O–H groups in total. The maximum atomic E-state index is 12.8. The van der Waals surface area contributed by atoms with Gasteiger partial charge in [0.2, 0.25) is 5.91 Å². The second-order valence-electron chi connectivity index (χ2n) is 5.97. The summed E-state index contributed by atoms with van der Waals surface area (Å²) in [7, 11) is 0. The molecule has 2 aromatic carbocycles. The minimum absolute atomic E-state index is 0.0496. The number of hydrogen-bond acceptors (Lipinski definition) is 2. The second kappa shape index (κ2) is 10.3. The maximum absolute atomic E-state index is 12.8. The molecule has 0 radical (unpaired) electrons. The molecule has 4 heteroatoms. The number of amides is 2. The molecule has 0 fully saturated rings. The molecular weight excluding hydrogens is 312 g/mol. The minimum atomic E-state index is -0.0629. The van der Waals surface area contributed by atoms with Crippen LogP contribution in [0.15, 0.2) is 60.7 Å². The van der Waals surface area contributed by atoms with Crippen LogP contribution in [-0.2, 0) is 4.79 Å². The molecule has 25 heavy (non-hydrogen) atoms. The average molecular weight is 338 g/mol. The molecule has 4 nitrogen and oxygen atoms in total. The van der Waals surface area contributed by atoms with Crippen molar-refractivity contribution in [3.63, 3.8) is 0 Å². The normalized spacial score (nSPS) is 10.3. The van der Waals surface area contributed by atoms with Gasteiger partial charge in [-0.05, 0) is 30.7 Å². The SMILES string of the molecule is CCCCCC(=O)NCCN(C(=O)c1ccccc1)c1ccccc1. The van der Waals surface area contributed by atoms with Crippen LogP contribution in [0.4, 0.5) is 5.69 Å². The van der Waals surface area contributed by atoms with Crippen molar-refractivity contribution in [2.75, 3.05) is 18.0 Å². The van der Waals surface area contributed by atoms with Gasteiger partial charge in [-0.1, -0.05) is 56.2 Å². The molecule has 132 valence electrons. The highest BCUT2D eigenvalue weighted by Gasteiger charge is 2.17. The largest absolute Gasteiger partial charge is 0.354 e. The molecule has 0 saturated heterocycles. The van der Waals surface area contributed by atoms with Gasteiger partial charge in [0.1, 0.15) is 0 Å². The third-order valence-electron chi connectivity index (χ3n) is 4.00. The summed E-state index contributed by atoms with van der Waals surface area (Å²) in [6.45, 7) is 3.00. The zero-order valence-electron chi connectivity index (χ0n) is 14.8. The number of para-hydroxylation sites is 1. The quantitative estimate of drug-likeness (QED) is 0.702. The van der Waals surface area contributed by atoms with Crippen LogP contribution < -0.4 is 10.2 Å². The van der Waals surface area contributed by atoms with E-state index in [0.717, 1.165) is 24.9 Å². The van der Waals surface area contributed by atoms with Crippen LogP contribution in [0.2, 0.25) is 0 Å². The summed E-state index contributed by atoms with van der Waals surface area (Å²) < 4.78 is 0. The summed E-state index contributed by atoms with van der Waals surface area (Å²) in [4.78, 5) is 26.4. The molecule has 0 unspecified atom stereocenters. The lowest BCUT2D eigenvalue weighted by molar-refractivity contribution is -0.121. The predicted molar refractivity (Wildman–Crippen MR) is 102 cm³/mol. The van der Waals surface area contributed by atoms with Crippen LogP contribution in [0.3, 0.4) is 0 Å². The molecular formula is C21H26N2O2. The van der Waals surface area contributed by atoms with Gasteiger partial charge in [0.15, 0.2) is 0 Å². The van der Waals surface area contributed by atoms with Gasteiger partial charge in [0.25, 0.3) is 5.91 Å². The van der Waals surface area contributed by atoms with E-state index in [9.17, 15) is 9.59 Å². The fraction of sp³-hybridized carbons (Fsp3) is 0.333. The molecule has 0 atom stereocenters. The van der Waals surface area contributed by atoms with Gasteiger partial charge in [-0.25, -0.2) is 0 Å². The topological polar surface area (TPSA) is 49.4 Å². The summed E-state index contributed by atoms with van der Waals surface area (Å²) in [5.74, 6) is -0.0133. The van der Waals surface area contributed by atoms with Gasteiger partial charge in [-0.2, -0.15) is 0 Å². The highest BCUT2D eigenvalue weighted by molar-refractivity contribution is 6.06. The Kier molecular flexibility index (Phi) is 7.70. The van der Waals surface area contributed by atoms with Crippen LogP contribution >= 0.6 is 0 Å². The summed E-state index contributed by atoms with van der Waals surface area (Å²) in [6.07, 6.45) is 3.62. The Morgan fingerprint density at radius 3 is 2.20 bits per heavy atom. The molecule has 0 heterocycles. The molecule has 0 aliphatic carbocycles. The van der Waals surface area contributed by atoms with Gasteiger partial charge < -0.3 is 10.2 Å². The smallest absolute Gasteiger partial charge is 0.258 e. The zero-order chi connectivity index (χ0) is 17.9. The maximum Gasteiger partial charge on any atom is 0.258 e. The highest BCUT2D eigenvalue weighted by Crippen LogP contribution is 2.16. The number of carbonyl (C=O) groups excluding carboxylic acids is 2. The molecule has 0 aliphatic rings. The van der Waals surface area contributed by atoms with Crippen LogP contribution in [0.5, 0.6) is 0 Å². The first-order valence-corrected chi connectivity index (χ1v) is 8.91. The second-order valence-corrected chi connectivity index (χ2v) is 5.97. The standard InChI is InChI=1S/C21H26N2O2/c1-2-3-6-15-20(24)22-16-17-23(19-13-9-5-10-14-19)21(25)18-11-7-4-8-12-18/h4-5,7-14H,2-3,6,15-17H2,1H3,(H,22,24). The first kappa shape index (κ1) is 18.7. The number of nitrogens with one attached hydrogen (secondary N) is 1. The predicted octanol–water partition coefficient (Wildman–Crippen LogP) is 4.03. The number of unbranched alkanes of at least 4 members (excludes halogenated alkanes) is 2. The lowest BCUT2D eigenvalue weighted by Gasteiger charge is -2.23. The molecule has 0 saturated carbocycles. The van der Waals surface area contributed by atoms with Crippen molar-refractivity contribution >= 4 is 17.5 Å². The lowest BCUT2D eigenvalue weighted by Crippen LogP contribution is -2.38. The van der Waals surface area contributed by atoms with Crippen molar-refractivity contribution < 1.29 is 9.59 Å². The van der Waals surface area contributed by atoms with Crippen LogP contribution in [0, 0.1) is 0 Å². The van der Waals surface area contributed by atoms with Crippen molar-refractivity contribution in [3.8, 4) is 0 Å². The number of hydrogen-bond donors (Lipinski definition) is 1. The van der Waals surface area contributed by atoms with E-state index in [-0.39, 0.29) is 11.8 Å². The third kappa shape index (κ3) is 6.07. The third-order valence-corrected chi connectivity index (χ3v) is 4.00. The molecule has 0 aliphatic heterocycles. The Bertz CT molecular complexity index is 656. The average Bonchev–Trinajstić information content (AvgIpc) is 2.66. The summed E-state index contributed by atoms with van der Waals surface area (Å²) in [6, 6.07) is 18.8. The van der Waals surface area contributed by atoms with Gasteiger partial charge >= 0.3 is 0 Å². The Morgan fingerprint density at radius 2 is 1.56 bits per heavy atom. The Balaban J connectivity index is 1.99. The number of carbonyl (C=O) groups is 2. The van der Waals surface area contributed by atoms with E-state index >= 15 is 0 Å². The number of benzene rings is 2. The lowest BCUT2D eigenvalue weighted by atomic mass is 10.1. The fourth-order valence-corrected chi connectivity index (χ4v) is 2.62. The van der Waals surface area contributed by atoms with E-state index in [2.05, 4.69) is 12.2 Å². The molecule has 2 rings (SSSR count). The number of rotatable bonds is 9. The first-order valence-electron chi connectivity index (χ1n) is 8.91. The van der Waals surface area contributed by atoms with Crippen LogP contribution in [0.1, 0.15) is 43.0 Å².